The van der Waals surface area contributed by atoms with Crippen molar-refractivity contribution in [3.63, 3.8) is 0 Å². The van der Waals surface area contributed by atoms with Crippen LogP contribution >= 0.6 is 0 Å². The van der Waals surface area contributed by atoms with Crippen LogP contribution in [0.4, 0.5) is 0 Å². The first-order valence-electron chi connectivity index (χ1n) is 8.55. The molecular formula is C21H39N. The molecule has 0 bridgehead atoms. The third-order valence-corrected chi connectivity index (χ3v) is 2.42. The van der Waals surface area contributed by atoms with Crippen molar-refractivity contribution < 1.29 is 0 Å². The molecule has 1 aliphatic rings. The second-order valence-electron chi connectivity index (χ2n) is 4.83. The predicted octanol–water partition coefficient (Wildman–Crippen LogP) is 6.97. The summed E-state index contributed by atoms with van der Waals surface area (Å²) in [6.07, 6.45) is 16.2. The minimum absolute atomic E-state index is 1.02. The fourth-order valence-corrected chi connectivity index (χ4v) is 1.41. The summed E-state index contributed by atoms with van der Waals surface area (Å²) in [5, 5.41) is 3.21. The van der Waals surface area contributed by atoms with E-state index in [0.717, 1.165) is 18.7 Å². The van der Waals surface area contributed by atoms with Gasteiger partial charge in [0.05, 0.1) is 0 Å². The van der Waals surface area contributed by atoms with Crippen molar-refractivity contribution in [3.8, 4) is 0 Å². The van der Waals surface area contributed by atoms with E-state index in [4.69, 9.17) is 0 Å². The molecule has 1 N–H and O–H groups in total. The van der Waals surface area contributed by atoms with Gasteiger partial charge in [0.15, 0.2) is 0 Å². The van der Waals surface area contributed by atoms with Crippen molar-refractivity contribution in [1.82, 2.24) is 5.32 Å². The maximum atomic E-state index is 3.78. The minimum atomic E-state index is 1.02. The lowest BCUT2D eigenvalue weighted by Crippen LogP contribution is -2.11. The van der Waals surface area contributed by atoms with E-state index in [1.54, 1.807) is 6.08 Å². The van der Waals surface area contributed by atoms with Gasteiger partial charge in [0.25, 0.3) is 0 Å². The van der Waals surface area contributed by atoms with Gasteiger partial charge in [-0.2, -0.15) is 0 Å². The fraction of sp³-hybridized carbons (Fsp3) is 0.524. The van der Waals surface area contributed by atoms with Gasteiger partial charge in [-0.25, -0.2) is 0 Å². The molecule has 0 unspecified atom stereocenters. The average Bonchev–Trinajstić information content (AvgIpc) is 2.51. The molecule has 1 aliphatic carbocycles. The molecule has 0 radical (unpaired) electrons. The number of rotatable bonds is 6. The molecule has 0 aromatic rings. The molecule has 0 aromatic carbocycles. The SMILES string of the molecule is C=C(C)NCCCCCC.C=C1C=CC=CC1.C=CC.CC. The first-order valence-corrected chi connectivity index (χ1v) is 8.55. The molecule has 128 valence electrons. The van der Waals surface area contributed by atoms with E-state index >= 15 is 0 Å². The zero-order chi connectivity index (χ0) is 17.6. The van der Waals surface area contributed by atoms with Crippen molar-refractivity contribution >= 4 is 0 Å². The van der Waals surface area contributed by atoms with Crippen LogP contribution in [0, 0.1) is 0 Å². The quantitative estimate of drug-likeness (QED) is 0.413. The highest BCUT2D eigenvalue weighted by Gasteiger charge is 1.86. The van der Waals surface area contributed by atoms with Gasteiger partial charge in [0, 0.05) is 12.2 Å². The Hall–Kier alpha value is -1.50. The van der Waals surface area contributed by atoms with Gasteiger partial charge in [0.2, 0.25) is 0 Å². The summed E-state index contributed by atoms with van der Waals surface area (Å²) in [5.74, 6) is 0. The summed E-state index contributed by atoms with van der Waals surface area (Å²) in [6, 6.07) is 0. The molecule has 0 aliphatic heterocycles. The summed E-state index contributed by atoms with van der Waals surface area (Å²) in [4.78, 5) is 0. The predicted molar refractivity (Wildman–Crippen MR) is 106 cm³/mol. The monoisotopic (exact) mass is 305 g/mol. The van der Waals surface area contributed by atoms with Gasteiger partial charge in [0.1, 0.15) is 0 Å². The normalized spacial score (nSPS) is 10.9. The molecule has 0 atom stereocenters. The van der Waals surface area contributed by atoms with Gasteiger partial charge in [-0.1, -0.05) is 89.1 Å². The van der Waals surface area contributed by atoms with Crippen LogP contribution < -0.4 is 5.32 Å². The summed E-state index contributed by atoms with van der Waals surface area (Å²) < 4.78 is 0. The van der Waals surface area contributed by atoms with Crippen LogP contribution in [0.2, 0.25) is 0 Å². The van der Waals surface area contributed by atoms with Crippen LogP contribution in [0.1, 0.15) is 66.7 Å². The number of allylic oxidation sites excluding steroid dienone is 7. The molecule has 0 spiro atoms. The van der Waals surface area contributed by atoms with Crippen molar-refractivity contribution in [3.05, 3.63) is 61.4 Å². The van der Waals surface area contributed by atoms with Crippen LogP contribution in [0.3, 0.4) is 0 Å². The van der Waals surface area contributed by atoms with Gasteiger partial charge in [-0.3, -0.25) is 0 Å². The lowest BCUT2D eigenvalue weighted by Gasteiger charge is -2.03. The lowest BCUT2D eigenvalue weighted by atomic mass is 10.1. The molecular weight excluding hydrogens is 266 g/mol. The first-order chi connectivity index (χ1) is 10.6. The highest BCUT2D eigenvalue weighted by atomic mass is 14.9. The number of hydrogen-bond donors (Lipinski definition) is 1. The molecule has 0 fully saturated rings. The Kier molecular flexibility index (Phi) is 28.4. The zero-order valence-electron chi connectivity index (χ0n) is 15.8. The molecule has 1 rings (SSSR count). The number of unbranched alkanes of at least 4 members (excludes halogenated alkanes) is 3. The van der Waals surface area contributed by atoms with Crippen LogP contribution in [-0.2, 0) is 0 Å². The van der Waals surface area contributed by atoms with E-state index in [9.17, 15) is 0 Å². The summed E-state index contributed by atoms with van der Waals surface area (Å²) in [5.41, 5.74) is 2.28. The molecule has 1 nitrogen and oxygen atoms in total. The first kappa shape index (κ1) is 25.5. The van der Waals surface area contributed by atoms with Crippen LogP contribution in [0.5, 0.6) is 0 Å². The number of hydrogen-bond acceptors (Lipinski definition) is 1. The molecule has 0 saturated carbocycles. The second-order valence-corrected chi connectivity index (χ2v) is 4.83. The summed E-state index contributed by atoms with van der Waals surface area (Å²) in [6.45, 7) is 22.1. The van der Waals surface area contributed by atoms with Crippen molar-refractivity contribution in [2.24, 2.45) is 0 Å². The fourth-order valence-electron chi connectivity index (χ4n) is 1.41. The molecule has 22 heavy (non-hydrogen) atoms. The van der Waals surface area contributed by atoms with E-state index in [0.29, 0.717) is 0 Å². The standard InChI is InChI=1S/C9H19N.C7H8.C3H6.C2H6/c1-4-5-6-7-8-10-9(2)3;1-7-5-3-2-4-6-7;1-3-2;1-2/h10H,2,4-8H2,1,3H3;2-5H,1,6H2;3H,1H2,2H3;1-2H3. The Morgan fingerprint density at radius 2 is 1.82 bits per heavy atom. The zero-order valence-corrected chi connectivity index (χ0v) is 15.8. The largest absolute Gasteiger partial charge is 0.389 e. The average molecular weight is 306 g/mol. The van der Waals surface area contributed by atoms with E-state index < -0.39 is 0 Å². The smallest absolute Gasteiger partial charge is 0.0143 e. The Morgan fingerprint density at radius 3 is 2.14 bits per heavy atom. The number of nitrogens with one attached hydrogen (secondary N) is 1. The molecule has 0 heterocycles. The Bertz CT molecular complexity index is 308. The summed E-state index contributed by atoms with van der Waals surface area (Å²) in [7, 11) is 0. The summed E-state index contributed by atoms with van der Waals surface area (Å²) >= 11 is 0. The molecule has 0 amide bonds. The van der Waals surface area contributed by atoms with E-state index in [2.05, 4.69) is 38.1 Å². The van der Waals surface area contributed by atoms with Gasteiger partial charge in [-0.05, 0) is 26.7 Å². The molecule has 0 saturated heterocycles. The maximum Gasteiger partial charge on any atom is 0.0143 e. The van der Waals surface area contributed by atoms with Crippen molar-refractivity contribution in [1.29, 1.82) is 0 Å². The van der Waals surface area contributed by atoms with Crippen molar-refractivity contribution in [2.45, 2.75) is 66.7 Å². The Morgan fingerprint density at radius 1 is 1.23 bits per heavy atom. The molecule has 0 aromatic heterocycles. The van der Waals surface area contributed by atoms with Crippen LogP contribution in [0.15, 0.2) is 61.4 Å². The highest BCUT2D eigenvalue weighted by Crippen LogP contribution is 2.05. The molecule has 1 heteroatoms. The highest BCUT2D eigenvalue weighted by molar-refractivity contribution is 5.26. The Balaban J connectivity index is -0.000000261. The maximum absolute atomic E-state index is 3.78. The topological polar surface area (TPSA) is 12.0 Å². The van der Waals surface area contributed by atoms with Crippen molar-refractivity contribution in [2.75, 3.05) is 6.54 Å². The van der Waals surface area contributed by atoms with Crippen LogP contribution in [0.25, 0.3) is 0 Å². The second kappa shape index (κ2) is 24.5. The van der Waals surface area contributed by atoms with E-state index in [1.807, 2.05) is 45.9 Å². The van der Waals surface area contributed by atoms with E-state index in [-0.39, 0.29) is 0 Å². The third kappa shape index (κ3) is 31.1. The Labute approximate surface area is 140 Å². The minimum Gasteiger partial charge on any atom is -0.389 e. The van der Waals surface area contributed by atoms with Gasteiger partial charge >= 0.3 is 0 Å². The van der Waals surface area contributed by atoms with Gasteiger partial charge in [-0.15, -0.1) is 6.58 Å². The van der Waals surface area contributed by atoms with Gasteiger partial charge < -0.3 is 5.32 Å². The van der Waals surface area contributed by atoms with E-state index in [1.165, 1.54) is 31.3 Å². The lowest BCUT2D eigenvalue weighted by molar-refractivity contribution is 0.636. The van der Waals surface area contributed by atoms with Crippen LogP contribution in [-0.4, -0.2) is 6.54 Å². The third-order valence-electron chi connectivity index (χ3n) is 2.42.